The Labute approximate surface area is 209 Å². The Kier molecular flexibility index (Phi) is 7.49. The molecule has 2 aromatic carbocycles. The molecule has 0 fully saturated rings. The van der Waals surface area contributed by atoms with Crippen LogP contribution in [-0.4, -0.2) is 32.1 Å². The summed E-state index contributed by atoms with van der Waals surface area (Å²) in [7, 11) is 2.38. The molecule has 1 heterocycles. The maximum absolute atomic E-state index is 13.1. The summed E-state index contributed by atoms with van der Waals surface area (Å²) >= 11 is 0. The number of anilines is 2. The van der Waals surface area contributed by atoms with Crippen LogP contribution < -0.4 is 16.0 Å². The predicted octanol–water partition coefficient (Wildman–Crippen LogP) is 3.57. The molecule has 0 saturated heterocycles. The Morgan fingerprint density at radius 2 is 1.56 bits per heavy atom. The first-order chi connectivity index (χ1) is 17.0. The molecule has 186 valence electrons. The third kappa shape index (κ3) is 4.93. The number of methoxy groups -OCH3 is 2. The summed E-state index contributed by atoms with van der Waals surface area (Å²) in [6.45, 7) is 5.39. The van der Waals surface area contributed by atoms with Crippen LogP contribution in [-0.2, 0) is 23.9 Å². The van der Waals surface area contributed by atoms with Crippen molar-refractivity contribution in [1.29, 1.82) is 5.26 Å². The molecule has 36 heavy (non-hydrogen) atoms. The first kappa shape index (κ1) is 26.0. The number of rotatable bonds is 5. The summed E-state index contributed by atoms with van der Waals surface area (Å²) in [6.07, 6.45) is 0. The van der Waals surface area contributed by atoms with Crippen molar-refractivity contribution in [2.75, 3.05) is 24.4 Å². The largest absolute Gasteiger partial charge is 0.466 e. The smallest absolute Gasteiger partial charge is 0.355 e. The van der Waals surface area contributed by atoms with E-state index in [-0.39, 0.29) is 28.6 Å². The van der Waals surface area contributed by atoms with Crippen molar-refractivity contribution in [3.05, 3.63) is 82.8 Å². The SMILES string of the molecule is COC(=O)C1=C(C(=O)OC)N(c2ccc(NC(=O)C(C)(C)C)cc2)C(N)=C(C#N)C1c1ccccc1. The first-order valence-corrected chi connectivity index (χ1v) is 11.1. The predicted molar refractivity (Wildman–Crippen MR) is 134 cm³/mol. The van der Waals surface area contributed by atoms with Gasteiger partial charge >= 0.3 is 11.9 Å². The lowest BCUT2D eigenvalue weighted by Gasteiger charge is -2.36. The molecular formula is C27H28N4O5. The number of carbonyl (C=O) groups excluding carboxylic acids is 3. The summed E-state index contributed by atoms with van der Waals surface area (Å²) in [5.41, 5.74) is 7.19. The van der Waals surface area contributed by atoms with Crippen molar-refractivity contribution >= 4 is 29.2 Å². The molecule has 9 heteroatoms. The van der Waals surface area contributed by atoms with Gasteiger partial charge in [0.15, 0.2) is 0 Å². The molecule has 0 bridgehead atoms. The fourth-order valence-electron chi connectivity index (χ4n) is 3.79. The maximum atomic E-state index is 13.1. The molecule has 3 N–H and O–H groups in total. The quantitative estimate of drug-likeness (QED) is 0.610. The minimum absolute atomic E-state index is 0.0362. The number of nitrogens with two attached hydrogens (primary N) is 1. The zero-order valence-electron chi connectivity index (χ0n) is 20.8. The Morgan fingerprint density at radius 1 is 0.972 bits per heavy atom. The monoisotopic (exact) mass is 488 g/mol. The van der Waals surface area contributed by atoms with E-state index in [0.29, 0.717) is 16.9 Å². The van der Waals surface area contributed by atoms with Gasteiger partial charge in [-0.1, -0.05) is 51.1 Å². The second-order valence-electron chi connectivity index (χ2n) is 9.09. The highest BCUT2D eigenvalue weighted by atomic mass is 16.5. The Bertz CT molecular complexity index is 1280. The van der Waals surface area contributed by atoms with E-state index in [2.05, 4.69) is 11.4 Å². The van der Waals surface area contributed by atoms with E-state index >= 15 is 0 Å². The molecule has 0 saturated carbocycles. The van der Waals surface area contributed by atoms with Gasteiger partial charge in [0.05, 0.1) is 37.4 Å². The number of ether oxygens (including phenoxy) is 2. The molecule has 1 unspecified atom stereocenters. The van der Waals surface area contributed by atoms with Gasteiger partial charge in [0.1, 0.15) is 11.5 Å². The van der Waals surface area contributed by atoms with Gasteiger partial charge in [-0.05, 0) is 29.8 Å². The van der Waals surface area contributed by atoms with Crippen LogP contribution in [0, 0.1) is 16.7 Å². The van der Waals surface area contributed by atoms with E-state index < -0.39 is 23.3 Å². The standard InChI is InChI=1S/C27H28N4O5/c1-27(2,3)26(34)30-17-11-13-18(14-12-17)31-22(25(33)36-5)21(24(32)35-4)20(19(15-28)23(31)29)16-9-7-6-8-10-16/h6-14,20H,29H2,1-5H3,(H,30,34). The molecule has 0 aliphatic carbocycles. The van der Waals surface area contributed by atoms with Crippen LogP contribution in [0.4, 0.5) is 11.4 Å². The second-order valence-corrected chi connectivity index (χ2v) is 9.09. The number of allylic oxidation sites excluding steroid dienone is 1. The van der Waals surface area contributed by atoms with Crippen molar-refractivity contribution in [3.63, 3.8) is 0 Å². The van der Waals surface area contributed by atoms with Crippen LogP contribution in [0.5, 0.6) is 0 Å². The number of hydrogen-bond donors (Lipinski definition) is 2. The summed E-state index contributed by atoms with van der Waals surface area (Å²) in [5, 5.41) is 12.9. The third-order valence-electron chi connectivity index (χ3n) is 5.67. The highest BCUT2D eigenvalue weighted by Crippen LogP contribution is 2.43. The third-order valence-corrected chi connectivity index (χ3v) is 5.67. The molecule has 1 atom stereocenters. The van der Waals surface area contributed by atoms with Crippen LogP contribution in [0.3, 0.4) is 0 Å². The van der Waals surface area contributed by atoms with Crippen molar-refractivity contribution in [3.8, 4) is 6.07 Å². The molecule has 0 spiro atoms. The molecule has 9 nitrogen and oxygen atoms in total. The lowest BCUT2D eigenvalue weighted by Crippen LogP contribution is -2.40. The minimum atomic E-state index is -0.945. The molecule has 1 aliphatic heterocycles. The van der Waals surface area contributed by atoms with Crippen LogP contribution >= 0.6 is 0 Å². The number of hydrogen-bond acceptors (Lipinski definition) is 8. The highest BCUT2D eigenvalue weighted by molar-refractivity contribution is 6.06. The number of nitrogens with one attached hydrogen (secondary N) is 1. The number of nitrogens with zero attached hydrogens (tertiary/aromatic N) is 2. The van der Waals surface area contributed by atoms with Gasteiger partial charge in [-0.2, -0.15) is 5.26 Å². The van der Waals surface area contributed by atoms with E-state index in [4.69, 9.17) is 15.2 Å². The summed E-state index contributed by atoms with van der Waals surface area (Å²) in [5.74, 6) is -2.79. The van der Waals surface area contributed by atoms with Gasteiger partial charge in [-0.15, -0.1) is 0 Å². The van der Waals surface area contributed by atoms with E-state index in [1.165, 1.54) is 19.1 Å². The molecule has 3 rings (SSSR count). The van der Waals surface area contributed by atoms with Crippen molar-refractivity contribution < 1.29 is 23.9 Å². The van der Waals surface area contributed by atoms with Gasteiger partial charge in [0.2, 0.25) is 5.91 Å². The molecule has 1 aliphatic rings. The lowest BCUT2D eigenvalue weighted by atomic mass is 9.81. The van der Waals surface area contributed by atoms with Gasteiger partial charge in [-0.3, -0.25) is 9.69 Å². The van der Waals surface area contributed by atoms with Crippen LogP contribution in [0.25, 0.3) is 0 Å². The van der Waals surface area contributed by atoms with Gasteiger partial charge in [0, 0.05) is 16.8 Å². The first-order valence-electron chi connectivity index (χ1n) is 11.1. The molecule has 2 aromatic rings. The molecule has 0 aromatic heterocycles. The average molecular weight is 489 g/mol. The second kappa shape index (κ2) is 10.4. The summed E-state index contributed by atoms with van der Waals surface area (Å²) in [6, 6.07) is 17.4. The van der Waals surface area contributed by atoms with Crippen LogP contribution in [0.15, 0.2) is 77.3 Å². The van der Waals surface area contributed by atoms with E-state index in [9.17, 15) is 19.6 Å². The van der Waals surface area contributed by atoms with Crippen molar-refractivity contribution in [1.82, 2.24) is 0 Å². The number of esters is 2. The number of nitriles is 1. The fraction of sp³-hybridized carbons (Fsp3) is 0.259. The summed E-state index contributed by atoms with van der Waals surface area (Å²) < 4.78 is 10.0. The molecule has 0 radical (unpaired) electrons. The van der Waals surface area contributed by atoms with Gasteiger partial charge in [-0.25, -0.2) is 9.59 Å². The van der Waals surface area contributed by atoms with Crippen LogP contribution in [0.1, 0.15) is 32.3 Å². The van der Waals surface area contributed by atoms with Gasteiger partial charge in [0.25, 0.3) is 0 Å². The summed E-state index contributed by atoms with van der Waals surface area (Å²) in [4.78, 5) is 39.8. The highest BCUT2D eigenvalue weighted by Gasteiger charge is 2.43. The molecular weight excluding hydrogens is 460 g/mol. The minimum Gasteiger partial charge on any atom is -0.466 e. The number of benzene rings is 2. The van der Waals surface area contributed by atoms with E-state index in [1.807, 2.05) is 0 Å². The van der Waals surface area contributed by atoms with Crippen LogP contribution in [0.2, 0.25) is 0 Å². The zero-order chi connectivity index (χ0) is 26.6. The van der Waals surface area contributed by atoms with Crippen molar-refractivity contribution in [2.45, 2.75) is 26.7 Å². The maximum Gasteiger partial charge on any atom is 0.355 e. The Morgan fingerprint density at radius 3 is 2.06 bits per heavy atom. The number of carbonyl (C=O) groups is 3. The normalized spacial score (nSPS) is 15.8. The van der Waals surface area contributed by atoms with Crippen molar-refractivity contribution in [2.24, 2.45) is 11.1 Å². The molecule has 1 amide bonds. The van der Waals surface area contributed by atoms with E-state index in [1.54, 1.807) is 75.4 Å². The van der Waals surface area contributed by atoms with Gasteiger partial charge < -0.3 is 20.5 Å². The van der Waals surface area contributed by atoms with E-state index in [0.717, 1.165) is 0 Å². The Balaban J connectivity index is 2.23. The lowest BCUT2D eigenvalue weighted by molar-refractivity contribution is -0.139. The Hall–Kier alpha value is -4.58. The fourth-order valence-corrected chi connectivity index (χ4v) is 3.79. The average Bonchev–Trinajstić information content (AvgIpc) is 2.87. The number of amides is 1. The topological polar surface area (TPSA) is 135 Å². The zero-order valence-corrected chi connectivity index (χ0v) is 20.8.